The lowest BCUT2D eigenvalue weighted by atomic mass is 10.2. The molecule has 110 valence electrons. The number of hydrogen-bond donors (Lipinski definition) is 1. The van der Waals surface area contributed by atoms with E-state index < -0.39 is 17.7 Å². The number of nitrogens with zero attached hydrogens (tertiary/aromatic N) is 2. The first-order valence-corrected chi connectivity index (χ1v) is 6.66. The SMILES string of the molecule is C=C1CC(=O)N(NC(=O)c2ccc(-n3cccc3)cc2)C1=O. The zero-order valence-electron chi connectivity index (χ0n) is 11.7. The molecule has 2 aromatic rings. The van der Waals surface area contributed by atoms with Crippen LogP contribution in [0.2, 0.25) is 0 Å². The largest absolute Gasteiger partial charge is 0.324 e. The van der Waals surface area contributed by atoms with Gasteiger partial charge >= 0.3 is 0 Å². The van der Waals surface area contributed by atoms with Crippen molar-refractivity contribution in [1.29, 1.82) is 0 Å². The Morgan fingerprint density at radius 1 is 1.09 bits per heavy atom. The normalized spacial score (nSPS) is 14.5. The highest BCUT2D eigenvalue weighted by molar-refractivity contribution is 6.14. The van der Waals surface area contributed by atoms with Gasteiger partial charge in [-0.25, -0.2) is 0 Å². The number of carbonyl (C=O) groups excluding carboxylic acids is 3. The Labute approximate surface area is 126 Å². The van der Waals surface area contributed by atoms with Crippen molar-refractivity contribution in [2.24, 2.45) is 0 Å². The molecule has 0 spiro atoms. The highest BCUT2D eigenvalue weighted by Gasteiger charge is 2.34. The average Bonchev–Trinajstić information content (AvgIpc) is 3.12. The van der Waals surface area contributed by atoms with Gasteiger partial charge in [-0.3, -0.25) is 19.8 Å². The van der Waals surface area contributed by atoms with Crippen LogP contribution in [0.25, 0.3) is 5.69 Å². The molecule has 6 heteroatoms. The van der Waals surface area contributed by atoms with Gasteiger partial charge in [-0.05, 0) is 36.4 Å². The molecule has 0 aliphatic carbocycles. The molecular weight excluding hydrogens is 282 g/mol. The van der Waals surface area contributed by atoms with Crippen LogP contribution in [0, 0.1) is 0 Å². The monoisotopic (exact) mass is 295 g/mol. The van der Waals surface area contributed by atoms with Crippen molar-refractivity contribution < 1.29 is 14.4 Å². The zero-order chi connectivity index (χ0) is 15.7. The summed E-state index contributed by atoms with van der Waals surface area (Å²) in [5.41, 5.74) is 3.74. The summed E-state index contributed by atoms with van der Waals surface area (Å²) in [5.74, 6) is -1.56. The van der Waals surface area contributed by atoms with E-state index in [1.807, 2.05) is 29.1 Å². The van der Waals surface area contributed by atoms with Crippen LogP contribution in [0.3, 0.4) is 0 Å². The van der Waals surface area contributed by atoms with E-state index in [2.05, 4.69) is 12.0 Å². The van der Waals surface area contributed by atoms with Gasteiger partial charge in [0.25, 0.3) is 17.7 Å². The van der Waals surface area contributed by atoms with E-state index in [4.69, 9.17) is 0 Å². The summed E-state index contributed by atoms with van der Waals surface area (Å²) in [4.78, 5) is 35.4. The van der Waals surface area contributed by atoms with Crippen molar-refractivity contribution in [3.63, 3.8) is 0 Å². The molecule has 1 aliphatic rings. The van der Waals surface area contributed by atoms with E-state index in [0.29, 0.717) is 10.6 Å². The van der Waals surface area contributed by atoms with Crippen LogP contribution in [0.5, 0.6) is 0 Å². The van der Waals surface area contributed by atoms with Crippen LogP contribution in [0.1, 0.15) is 16.8 Å². The third-order valence-electron chi connectivity index (χ3n) is 3.36. The summed E-state index contributed by atoms with van der Waals surface area (Å²) in [6.07, 6.45) is 3.72. The molecule has 2 heterocycles. The molecule has 1 N–H and O–H groups in total. The molecule has 3 rings (SSSR count). The van der Waals surface area contributed by atoms with Crippen LogP contribution >= 0.6 is 0 Å². The third-order valence-corrected chi connectivity index (χ3v) is 3.36. The van der Waals surface area contributed by atoms with Gasteiger partial charge in [0.2, 0.25) is 0 Å². The number of carbonyl (C=O) groups is 3. The zero-order valence-corrected chi connectivity index (χ0v) is 11.7. The minimum Gasteiger partial charge on any atom is -0.324 e. The lowest BCUT2D eigenvalue weighted by Gasteiger charge is -2.14. The number of hydrogen-bond acceptors (Lipinski definition) is 3. The Kier molecular flexibility index (Phi) is 3.34. The van der Waals surface area contributed by atoms with Crippen molar-refractivity contribution in [3.8, 4) is 5.69 Å². The molecule has 0 saturated carbocycles. The second-order valence-corrected chi connectivity index (χ2v) is 4.89. The Balaban J connectivity index is 1.74. The molecular formula is C16H13N3O3. The first kappa shape index (κ1) is 13.8. The predicted octanol–water partition coefficient (Wildman–Crippen LogP) is 1.44. The van der Waals surface area contributed by atoms with Crippen LogP contribution < -0.4 is 5.43 Å². The summed E-state index contributed by atoms with van der Waals surface area (Å²) in [5, 5.41) is 0.713. The summed E-state index contributed by atoms with van der Waals surface area (Å²) < 4.78 is 1.90. The van der Waals surface area contributed by atoms with Crippen LogP contribution in [0.4, 0.5) is 0 Å². The summed E-state index contributed by atoms with van der Waals surface area (Å²) in [7, 11) is 0. The molecule has 1 aromatic heterocycles. The maximum Gasteiger partial charge on any atom is 0.275 e. The fourth-order valence-corrected chi connectivity index (χ4v) is 2.18. The number of rotatable bonds is 3. The molecule has 3 amide bonds. The van der Waals surface area contributed by atoms with Gasteiger partial charge in [-0.1, -0.05) is 6.58 Å². The Morgan fingerprint density at radius 3 is 2.27 bits per heavy atom. The highest BCUT2D eigenvalue weighted by atomic mass is 16.2. The van der Waals surface area contributed by atoms with E-state index in [1.165, 1.54) is 0 Å². The number of amides is 3. The van der Waals surface area contributed by atoms with Crippen molar-refractivity contribution in [2.45, 2.75) is 6.42 Å². The minimum atomic E-state index is -0.567. The molecule has 0 radical (unpaired) electrons. The number of nitrogens with one attached hydrogen (secondary N) is 1. The number of benzene rings is 1. The van der Waals surface area contributed by atoms with Crippen LogP contribution in [-0.2, 0) is 9.59 Å². The Hall–Kier alpha value is -3.15. The van der Waals surface area contributed by atoms with Gasteiger partial charge < -0.3 is 4.57 Å². The second kappa shape index (κ2) is 5.33. The first-order chi connectivity index (χ1) is 10.6. The van der Waals surface area contributed by atoms with Gasteiger partial charge in [0.15, 0.2) is 0 Å². The highest BCUT2D eigenvalue weighted by Crippen LogP contribution is 2.15. The summed E-state index contributed by atoms with van der Waals surface area (Å²) in [6, 6.07) is 10.6. The second-order valence-electron chi connectivity index (χ2n) is 4.89. The lowest BCUT2D eigenvalue weighted by molar-refractivity contribution is -0.140. The van der Waals surface area contributed by atoms with Gasteiger partial charge in [0.05, 0.1) is 6.42 Å². The number of hydrazine groups is 1. The van der Waals surface area contributed by atoms with Gasteiger partial charge in [0, 0.05) is 29.2 Å². The van der Waals surface area contributed by atoms with E-state index in [0.717, 1.165) is 5.69 Å². The van der Waals surface area contributed by atoms with E-state index >= 15 is 0 Å². The van der Waals surface area contributed by atoms with Crippen LogP contribution in [0.15, 0.2) is 60.9 Å². The maximum absolute atomic E-state index is 12.1. The predicted molar refractivity (Wildman–Crippen MR) is 78.8 cm³/mol. The topological polar surface area (TPSA) is 71.4 Å². The Morgan fingerprint density at radius 2 is 1.73 bits per heavy atom. The smallest absolute Gasteiger partial charge is 0.275 e. The van der Waals surface area contributed by atoms with E-state index in [1.54, 1.807) is 24.3 Å². The molecule has 6 nitrogen and oxygen atoms in total. The quantitative estimate of drug-likeness (QED) is 0.688. The molecule has 0 bridgehead atoms. The fraction of sp³-hybridized carbons (Fsp3) is 0.0625. The first-order valence-electron chi connectivity index (χ1n) is 6.66. The molecule has 1 aromatic carbocycles. The van der Waals surface area contributed by atoms with Crippen molar-refractivity contribution in [2.75, 3.05) is 0 Å². The van der Waals surface area contributed by atoms with Crippen molar-refractivity contribution in [3.05, 3.63) is 66.5 Å². The van der Waals surface area contributed by atoms with Gasteiger partial charge in [-0.15, -0.1) is 0 Å². The van der Waals surface area contributed by atoms with Crippen molar-refractivity contribution >= 4 is 17.7 Å². The van der Waals surface area contributed by atoms with Crippen molar-refractivity contribution in [1.82, 2.24) is 15.0 Å². The van der Waals surface area contributed by atoms with E-state index in [9.17, 15) is 14.4 Å². The fourth-order valence-electron chi connectivity index (χ4n) is 2.18. The number of aromatic nitrogens is 1. The molecule has 22 heavy (non-hydrogen) atoms. The molecule has 1 aliphatic heterocycles. The molecule has 0 unspecified atom stereocenters. The minimum absolute atomic E-state index is 0.0638. The maximum atomic E-state index is 12.1. The van der Waals surface area contributed by atoms with Gasteiger partial charge in [0.1, 0.15) is 0 Å². The summed E-state index contributed by atoms with van der Waals surface area (Å²) >= 11 is 0. The summed E-state index contributed by atoms with van der Waals surface area (Å²) in [6.45, 7) is 3.49. The Bertz CT molecular complexity index is 760. The molecule has 1 fully saturated rings. The van der Waals surface area contributed by atoms with Gasteiger partial charge in [-0.2, -0.15) is 5.01 Å². The third kappa shape index (κ3) is 2.42. The lowest BCUT2D eigenvalue weighted by Crippen LogP contribution is -2.45. The number of imide groups is 1. The van der Waals surface area contributed by atoms with Crippen LogP contribution in [-0.4, -0.2) is 27.3 Å². The average molecular weight is 295 g/mol. The van der Waals surface area contributed by atoms with E-state index in [-0.39, 0.29) is 12.0 Å². The molecule has 1 saturated heterocycles. The standard InChI is InChI=1S/C16H13N3O3/c1-11-10-14(20)19(16(11)22)17-15(21)12-4-6-13(7-5-12)18-8-2-3-9-18/h2-9H,1,10H2,(H,17,21). The molecule has 0 atom stereocenters.